The summed E-state index contributed by atoms with van der Waals surface area (Å²) in [5.74, 6) is 0. The van der Waals surface area contributed by atoms with E-state index in [4.69, 9.17) is 28.4 Å². The van der Waals surface area contributed by atoms with Gasteiger partial charge in [-0.05, 0) is 75.9 Å². The molecule has 0 radical (unpaired) electrons. The van der Waals surface area contributed by atoms with Crippen LogP contribution in [0.3, 0.4) is 0 Å². The Morgan fingerprint density at radius 3 is 1.18 bits per heavy atom. The van der Waals surface area contributed by atoms with Crippen LogP contribution in [0.4, 0.5) is 21.0 Å². The number of amides is 2. The molecule has 0 heterocycles. The maximum atomic E-state index is 12.6. The number of hydrogen-bond donors (Lipinski definition) is 2. The van der Waals surface area contributed by atoms with Crippen LogP contribution in [0.1, 0.15) is 63.8 Å². The third-order valence-corrected chi connectivity index (χ3v) is 8.35. The predicted molar refractivity (Wildman–Crippen MR) is 223 cm³/mol. The van der Waals surface area contributed by atoms with E-state index in [1.54, 1.807) is 53.7 Å². The van der Waals surface area contributed by atoms with Gasteiger partial charge in [0.1, 0.15) is 11.2 Å². The molecule has 4 aromatic rings. The zero-order valence-corrected chi connectivity index (χ0v) is 34.8. The van der Waals surface area contributed by atoms with Gasteiger partial charge in [0.2, 0.25) is 0 Å². The van der Waals surface area contributed by atoms with E-state index in [2.05, 4.69) is 10.6 Å². The molecule has 322 valence electrons. The van der Waals surface area contributed by atoms with Gasteiger partial charge in [-0.3, -0.25) is 20.2 Å². The first-order valence-electron chi connectivity index (χ1n) is 19.4. The Morgan fingerprint density at radius 2 is 0.867 bits per heavy atom. The third kappa shape index (κ3) is 16.7. The highest BCUT2D eigenvalue weighted by Gasteiger charge is 2.24. The summed E-state index contributed by atoms with van der Waals surface area (Å²) in [5.41, 5.74) is 1.17. The van der Waals surface area contributed by atoms with Crippen LogP contribution in [0.2, 0.25) is 0 Å². The molecule has 0 unspecified atom stereocenters. The molecule has 0 saturated heterocycles. The lowest BCUT2D eigenvalue weighted by Crippen LogP contribution is -2.44. The highest BCUT2D eigenvalue weighted by molar-refractivity contribution is 5.71. The maximum Gasteiger partial charge on any atom is 0.408 e. The SMILES string of the molecule is CC(C)(C)OC(=O)N[C@@H](COCc1ccccc1)COCc1ccc(-c2ccc(COC[C@H](COCc3ccccc3)NC(=O)OC(C)(C)C)c([N+](=O)[O-])c2)cc1[N+](=O)[O-]. The van der Waals surface area contributed by atoms with E-state index >= 15 is 0 Å². The molecule has 0 fully saturated rings. The summed E-state index contributed by atoms with van der Waals surface area (Å²) >= 11 is 0. The van der Waals surface area contributed by atoms with Crippen LogP contribution in [0, 0.1) is 20.2 Å². The minimum atomic E-state index is -0.734. The zero-order chi connectivity index (χ0) is 43.7. The fraction of sp³-hybridized carbons (Fsp3) is 0.409. The molecule has 2 N–H and O–H groups in total. The molecule has 16 nitrogen and oxygen atoms in total. The van der Waals surface area contributed by atoms with Crippen LogP contribution in [-0.2, 0) is 54.8 Å². The van der Waals surface area contributed by atoms with Gasteiger partial charge in [-0.2, -0.15) is 0 Å². The lowest BCUT2D eigenvalue weighted by Gasteiger charge is -2.24. The molecule has 0 aliphatic heterocycles. The molecule has 0 bridgehead atoms. The van der Waals surface area contributed by atoms with Gasteiger partial charge in [0.15, 0.2) is 0 Å². The molecule has 4 aromatic carbocycles. The molecule has 16 heteroatoms. The standard InChI is InChI=1S/C44H54N4O12/c1-43(2,3)59-41(49)45-37(27-55-23-31-13-9-7-10-14-31)29-57-25-35-19-17-33(21-39(35)47(51)52)34-18-20-36(40(22-34)48(53)54)26-58-30-38(46-42(50)60-44(4,5)6)28-56-24-32-15-11-8-12-16-32/h7-22,37-38H,23-30H2,1-6H3,(H,45,49)(H,46,50)/t37-,38-/m0/s1. The minimum Gasteiger partial charge on any atom is -0.444 e. The molecular weight excluding hydrogens is 777 g/mol. The molecule has 0 saturated carbocycles. The van der Waals surface area contributed by atoms with Crippen molar-refractivity contribution in [1.29, 1.82) is 0 Å². The van der Waals surface area contributed by atoms with Crippen molar-refractivity contribution < 1.29 is 47.9 Å². The molecule has 0 aliphatic rings. The number of carbonyl (C=O) groups excluding carboxylic acids is 2. The maximum absolute atomic E-state index is 12.6. The third-order valence-electron chi connectivity index (χ3n) is 8.35. The first-order valence-corrected chi connectivity index (χ1v) is 19.4. The summed E-state index contributed by atoms with van der Waals surface area (Å²) in [6.07, 6.45) is -1.32. The smallest absolute Gasteiger partial charge is 0.408 e. The Morgan fingerprint density at radius 1 is 0.533 bits per heavy atom. The van der Waals surface area contributed by atoms with Gasteiger partial charge >= 0.3 is 12.2 Å². The van der Waals surface area contributed by atoms with Gasteiger partial charge < -0.3 is 39.1 Å². The fourth-order valence-corrected chi connectivity index (χ4v) is 5.69. The Balaban J connectivity index is 1.41. The topological polar surface area (TPSA) is 200 Å². The molecule has 60 heavy (non-hydrogen) atoms. The molecule has 0 aromatic heterocycles. The van der Waals surface area contributed by atoms with E-state index in [1.807, 2.05) is 60.7 Å². The van der Waals surface area contributed by atoms with Gasteiger partial charge in [0.25, 0.3) is 11.4 Å². The molecule has 2 atom stereocenters. The van der Waals surface area contributed by atoms with Crippen molar-refractivity contribution in [3.63, 3.8) is 0 Å². The van der Waals surface area contributed by atoms with Crippen LogP contribution in [-0.4, -0.2) is 71.7 Å². The second kappa shape index (κ2) is 22.4. The van der Waals surface area contributed by atoms with E-state index in [9.17, 15) is 29.8 Å². The van der Waals surface area contributed by atoms with Crippen molar-refractivity contribution >= 4 is 23.6 Å². The van der Waals surface area contributed by atoms with E-state index in [0.29, 0.717) is 24.3 Å². The Hall–Kier alpha value is -5.94. The van der Waals surface area contributed by atoms with E-state index in [0.717, 1.165) is 11.1 Å². The van der Waals surface area contributed by atoms with E-state index in [1.165, 1.54) is 24.3 Å². The van der Waals surface area contributed by atoms with Crippen molar-refractivity contribution in [2.45, 2.75) is 91.3 Å². The second-order valence-corrected chi connectivity index (χ2v) is 15.9. The first kappa shape index (κ1) is 46.7. The lowest BCUT2D eigenvalue weighted by atomic mass is 10.00. The highest BCUT2D eigenvalue weighted by atomic mass is 16.6. The average molecular weight is 831 g/mol. The molecule has 2 amide bonds. The van der Waals surface area contributed by atoms with Crippen molar-refractivity contribution in [2.24, 2.45) is 0 Å². The summed E-state index contributed by atoms with van der Waals surface area (Å²) in [4.78, 5) is 48.5. The molecular formula is C44H54N4O12. The van der Waals surface area contributed by atoms with Crippen molar-refractivity contribution in [1.82, 2.24) is 10.6 Å². The van der Waals surface area contributed by atoms with Gasteiger partial charge in [0.05, 0.1) is 85.9 Å². The van der Waals surface area contributed by atoms with Crippen molar-refractivity contribution in [2.75, 3.05) is 26.4 Å². The van der Waals surface area contributed by atoms with E-state index in [-0.39, 0.29) is 62.1 Å². The molecule has 0 spiro atoms. The monoisotopic (exact) mass is 830 g/mol. The van der Waals surface area contributed by atoms with Gasteiger partial charge in [0, 0.05) is 12.1 Å². The van der Waals surface area contributed by atoms with Crippen LogP contribution < -0.4 is 10.6 Å². The van der Waals surface area contributed by atoms with Crippen molar-refractivity contribution in [3.05, 3.63) is 140 Å². The van der Waals surface area contributed by atoms with Crippen LogP contribution >= 0.6 is 0 Å². The predicted octanol–water partition coefficient (Wildman–Crippen LogP) is 8.42. The van der Waals surface area contributed by atoms with Gasteiger partial charge in [-0.1, -0.05) is 72.8 Å². The number of nitrogens with one attached hydrogen (secondary N) is 2. The number of rotatable bonds is 21. The van der Waals surface area contributed by atoms with Crippen LogP contribution in [0.15, 0.2) is 97.1 Å². The number of benzene rings is 4. The number of nitro benzene ring substituents is 2. The van der Waals surface area contributed by atoms with Crippen molar-refractivity contribution in [3.8, 4) is 11.1 Å². The number of ether oxygens (including phenoxy) is 6. The Bertz CT molecular complexity index is 1870. The number of nitrogens with zero attached hydrogens (tertiary/aromatic N) is 2. The summed E-state index contributed by atoms with van der Waals surface area (Å²) in [6.45, 7) is 10.8. The molecule has 4 rings (SSSR count). The van der Waals surface area contributed by atoms with E-state index < -0.39 is 45.3 Å². The summed E-state index contributed by atoms with van der Waals surface area (Å²) in [6, 6.07) is 26.7. The Kier molecular flexibility index (Phi) is 17.5. The lowest BCUT2D eigenvalue weighted by molar-refractivity contribution is -0.386. The second-order valence-electron chi connectivity index (χ2n) is 15.9. The van der Waals surface area contributed by atoms with Gasteiger partial charge in [-0.25, -0.2) is 9.59 Å². The number of alkyl carbamates (subject to hydrolysis) is 2. The average Bonchev–Trinajstić information content (AvgIpc) is 3.17. The summed E-state index contributed by atoms with van der Waals surface area (Å²) < 4.78 is 34.2. The first-order chi connectivity index (χ1) is 28.5. The normalized spacial score (nSPS) is 12.6. The fourth-order valence-electron chi connectivity index (χ4n) is 5.69. The van der Waals surface area contributed by atoms with Gasteiger partial charge in [-0.15, -0.1) is 0 Å². The summed E-state index contributed by atoms with van der Waals surface area (Å²) in [5, 5.41) is 29.9. The van der Waals surface area contributed by atoms with Crippen LogP contribution in [0.25, 0.3) is 11.1 Å². The zero-order valence-electron chi connectivity index (χ0n) is 34.8. The number of nitro groups is 2. The largest absolute Gasteiger partial charge is 0.444 e. The van der Waals surface area contributed by atoms with Crippen LogP contribution in [0.5, 0.6) is 0 Å². The number of hydrogen-bond acceptors (Lipinski definition) is 12. The molecule has 0 aliphatic carbocycles. The number of carbonyl (C=O) groups is 2. The Labute approximate surface area is 349 Å². The summed E-state index contributed by atoms with van der Waals surface area (Å²) in [7, 11) is 0. The minimum absolute atomic E-state index is 0.0405. The quantitative estimate of drug-likeness (QED) is 0.0601. The highest BCUT2D eigenvalue weighted by Crippen LogP contribution is 2.32.